The van der Waals surface area contributed by atoms with Crippen LogP contribution < -0.4 is 25.4 Å². The van der Waals surface area contributed by atoms with Crippen molar-refractivity contribution in [3.8, 4) is 11.5 Å². The smallest absolute Gasteiger partial charge is 0.255 e. The Balaban J connectivity index is 1.95. The molecule has 170 valence electrons. The highest BCUT2D eigenvalue weighted by atomic mass is 79.9. The molecular weight excluding hydrogens is 490 g/mol. The van der Waals surface area contributed by atoms with Gasteiger partial charge in [0.1, 0.15) is 0 Å². The predicted molar refractivity (Wildman–Crippen MR) is 135 cm³/mol. The lowest BCUT2D eigenvalue weighted by atomic mass is 9.94. The number of methoxy groups -OCH3 is 1. The van der Waals surface area contributed by atoms with Crippen LogP contribution in [0.4, 0.5) is 5.69 Å². The van der Waals surface area contributed by atoms with Gasteiger partial charge < -0.3 is 25.4 Å². The van der Waals surface area contributed by atoms with Crippen LogP contribution in [0.2, 0.25) is 0 Å². The molecular formula is C24H28BrN3O3S. The van der Waals surface area contributed by atoms with E-state index >= 15 is 0 Å². The molecule has 8 heteroatoms. The van der Waals surface area contributed by atoms with E-state index in [2.05, 4.69) is 38.8 Å². The Morgan fingerprint density at radius 2 is 1.94 bits per heavy atom. The molecule has 0 aliphatic carbocycles. The molecule has 0 radical (unpaired) electrons. The minimum atomic E-state index is -0.455. The molecule has 0 aromatic heterocycles. The summed E-state index contributed by atoms with van der Waals surface area (Å²) in [6.07, 6.45) is 1.99. The maximum atomic E-state index is 13.3. The lowest BCUT2D eigenvalue weighted by Crippen LogP contribution is -2.45. The van der Waals surface area contributed by atoms with Gasteiger partial charge in [0, 0.05) is 11.4 Å². The second-order valence-electron chi connectivity index (χ2n) is 7.63. The molecule has 2 aromatic rings. The molecule has 6 nitrogen and oxygen atoms in total. The Labute approximate surface area is 202 Å². The number of thiocarbonyl (C=S) groups is 1. The normalized spacial score (nSPS) is 15.7. The van der Waals surface area contributed by atoms with Crippen molar-refractivity contribution in [3.63, 3.8) is 0 Å². The summed E-state index contributed by atoms with van der Waals surface area (Å²) in [6.45, 7) is 6.57. The number of unbranched alkanes of at least 4 members (excludes halogenated alkanes) is 1. The van der Waals surface area contributed by atoms with E-state index in [1.54, 1.807) is 7.11 Å². The molecule has 0 bridgehead atoms. The van der Waals surface area contributed by atoms with Crippen LogP contribution in [0.5, 0.6) is 11.5 Å². The van der Waals surface area contributed by atoms with Gasteiger partial charge in [-0.1, -0.05) is 31.0 Å². The van der Waals surface area contributed by atoms with Crippen molar-refractivity contribution >= 4 is 44.9 Å². The van der Waals surface area contributed by atoms with Crippen molar-refractivity contribution in [2.75, 3.05) is 19.0 Å². The second kappa shape index (κ2) is 10.8. The number of ether oxygens (including phenoxy) is 2. The van der Waals surface area contributed by atoms with Crippen LogP contribution >= 0.6 is 28.1 Å². The van der Waals surface area contributed by atoms with E-state index in [0.29, 0.717) is 34.5 Å². The van der Waals surface area contributed by atoms with Crippen molar-refractivity contribution in [1.29, 1.82) is 0 Å². The average molecular weight is 518 g/mol. The van der Waals surface area contributed by atoms with E-state index in [-0.39, 0.29) is 5.91 Å². The molecule has 1 heterocycles. The number of nitrogens with one attached hydrogen (secondary N) is 3. The van der Waals surface area contributed by atoms with Crippen LogP contribution in [-0.2, 0) is 4.79 Å². The van der Waals surface area contributed by atoms with Crippen LogP contribution in [0.3, 0.4) is 0 Å². The standard InChI is InChI=1S/C24H28BrN3O3S/c1-5-6-11-31-22-18(25)12-16(13-19(22)30-4)21-20(15(3)26-24(32)28-21)23(29)27-17-9-7-14(2)8-10-17/h7-10,12-13,21H,5-6,11H2,1-4H3,(H,27,29)(H2,26,28,32)/t21-/m1/s1. The van der Waals surface area contributed by atoms with Crippen molar-refractivity contribution < 1.29 is 14.3 Å². The summed E-state index contributed by atoms with van der Waals surface area (Å²) in [6, 6.07) is 11.0. The summed E-state index contributed by atoms with van der Waals surface area (Å²) >= 11 is 8.99. The zero-order chi connectivity index (χ0) is 23.3. The van der Waals surface area contributed by atoms with E-state index < -0.39 is 6.04 Å². The fourth-order valence-electron chi connectivity index (χ4n) is 3.45. The largest absolute Gasteiger partial charge is 0.493 e. The van der Waals surface area contributed by atoms with E-state index in [4.69, 9.17) is 21.7 Å². The first-order chi connectivity index (χ1) is 15.3. The van der Waals surface area contributed by atoms with Gasteiger partial charge in [-0.25, -0.2) is 0 Å². The highest BCUT2D eigenvalue weighted by Crippen LogP contribution is 2.40. The molecule has 1 atom stereocenters. The molecule has 0 saturated heterocycles. The average Bonchev–Trinajstić information content (AvgIpc) is 2.75. The zero-order valence-corrected chi connectivity index (χ0v) is 21.1. The molecule has 0 unspecified atom stereocenters. The quantitative estimate of drug-likeness (QED) is 0.322. The third kappa shape index (κ3) is 5.61. The van der Waals surface area contributed by atoms with E-state index in [1.165, 1.54) is 0 Å². The molecule has 1 aliphatic heterocycles. The summed E-state index contributed by atoms with van der Waals surface area (Å²) in [7, 11) is 1.60. The minimum absolute atomic E-state index is 0.211. The van der Waals surface area contributed by atoms with Gasteiger partial charge in [-0.3, -0.25) is 4.79 Å². The molecule has 0 spiro atoms. The lowest BCUT2D eigenvalue weighted by molar-refractivity contribution is -0.113. The Hall–Kier alpha value is -2.58. The van der Waals surface area contributed by atoms with Gasteiger partial charge in [0.25, 0.3) is 5.91 Å². The summed E-state index contributed by atoms with van der Waals surface area (Å²) in [5.74, 6) is 1.03. The fourth-order valence-corrected chi connectivity index (χ4v) is 4.29. The number of halogens is 1. The van der Waals surface area contributed by atoms with Gasteiger partial charge in [-0.2, -0.15) is 0 Å². The highest BCUT2D eigenvalue weighted by Gasteiger charge is 2.31. The van der Waals surface area contributed by atoms with Crippen LogP contribution in [0.1, 0.15) is 43.9 Å². The van der Waals surface area contributed by atoms with E-state index in [1.807, 2.05) is 50.2 Å². The zero-order valence-electron chi connectivity index (χ0n) is 18.7. The number of amides is 1. The van der Waals surface area contributed by atoms with Crippen LogP contribution in [-0.4, -0.2) is 24.7 Å². The lowest BCUT2D eigenvalue weighted by Gasteiger charge is -2.31. The van der Waals surface area contributed by atoms with Crippen LogP contribution in [0.25, 0.3) is 0 Å². The predicted octanol–water partition coefficient (Wildman–Crippen LogP) is 5.38. The van der Waals surface area contributed by atoms with Crippen molar-refractivity contribution in [1.82, 2.24) is 10.6 Å². The number of allylic oxidation sites excluding steroid dienone is 1. The van der Waals surface area contributed by atoms with Crippen molar-refractivity contribution in [2.45, 2.75) is 39.7 Å². The molecule has 1 amide bonds. The fraction of sp³-hybridized carbons (Fsp3) is 0.333. The number of benzene rings is 2. The maximum Gasteiger partial charge on any atom is 0.255 e. The molecule has 3 rings (SSSR count). The molecule has 0 saturated carbocycles. The van der Waals surface area contributed by atoms with Gasteiger partial charge in [-0.15, -0.1) is 0 Å². The molecule has 32 heavy (non-hydrogen) atoms. The number of carbonyl (C=O) groups is 1. The van der Waals surface area contributed by atoms with Gasteiger partial charge in [0.2, 0.25) is 0 Å². The number of aryl methyl sites for hydroxylation is 1. The molecule has 0 fully saturated rings. The third-order valence-electron chi connectivity index (χ3n) is 5.15. The minimum Gasteiger partial charge on any atom is -0.493 e. The number of anilines is 1. The monoisotopic (exact) mass is 517 g/mol. The molecule has 1 aliphatic rings. The SMILES string of the molecule is CCCCOc1c(Br)cc([C@H]2NC(=S)NC(C)=C2C(=O)Nc2ccc(C)cc2)cc1OC. The highest BCUT2D eigenvalue weighted by molar-refractivity contribution is 9.10. The van der Waals surface area contributed by atoms with Gasteiger partial charge in [-0.05, 0) is 78.2 Å². The van der Waals surface area contributed by atoms with Crippen LogP contribution in [0, 0.1) is 6.92 Å². The third-order valence-corrected chi connectivity index (χ3v) is 5.96. The summed E-state index contributed by atoms with van der Waals surface area (Å²) < 4.78 is 12.3. The summed E-state index contributed by atoms with van der Waals surface area (Å²) in [5.41, 5.74) is 3.93. The van der Waals surface area contributed by atoms with Gasteiger partial charge >= 0.3 is 0 Å². The summed E-state index contributed by atoms with van der Waals surface area (Å²) in [4.78, 5) is 13.3. The van der Waals surface area contributed by atoms with Crippen molar-refractivity contribution in [3.05, 3.63) is 63.3 Å². The number of hydrogen-bond acceptors (Lipinski definition) is 4. The second-order valence-corrected chi connectivity index (χ2v) is 8.89. The first kappa shape index (κ1) is 24.1. The first-order valence-corrected chi connectivity index (χ1v) is 11.7. The molecule has 2 aromatic carbocycles. The Kier molecular flexibility index (Phi) is 8.15. The maximum absolute atomic E-state index is 13.3. The number of carbonyl (C=O) groups excluding carboxylic acids is 1. The van der Waals surface area contributed by atoms with Gasteiger partial charge in [0.05, 0.1) is 29.8 Å². The number of rotatable bonds is 8. The first-order valence-electron chi connectivity index (χ1n) is 10.5. The van der Waals surface area contributed by atoms with Crippen molar-refractivity contribution in [2.24, 2.45) is 0 Å². The van der Waals surface area contributed by atoms with E-state index in [0.717, 1.165) is 34.1 Å². The van der Waals surface area contributed by atoms with Crippen LogP contribution in [0.15, 0.2) is 52.1 Å². The van der Waals surface area contributed by atoms with Gasteiger partial charge in [0.15, 0.2) is 16.6 Å². The Bertz CT molecular complexity index is 1040. The van der Waals surface area contributed by atoms with E-state index in [9.17, 15) is 4.79 Å². The summed E-state index contributed by atoms with van der Waals surface area (Å²) in [5, 5.41) is 9.73. The Morgan fingerprint density at radius 3 is 2.59 bits per heavy atom. The number of hydrogen-bond donors (Lipinski definition) is 3. The molecule has 3 N–H and O–H groups in total. The topological polar surface area (TPSA) is 71.6 Å². The Morgan fingerprint density at radius 1 is 1.22 bits per heavy atom.